The first-order valence-corrected chi connectivity index (χ1v) is 7.42. The van der Waals surface area contributed by atoms with Gasteiger partial charge in [-0.3, -0.25) is 4.79 Å². The largest absolute Gasteiger partial charge is 0.343 e. The van der Waals surface area contributed by atoms with E-state index in [9.17, 15) is 4.79 Å². The molecule has 1 aromatic heterocycles. The molecule has 3 N–H and O–H groups in total. The zero-order valence-corrected chi connectivity index (χ0v) is 12.4. The minimum absolute atomic E-state index is 0.156. The first-order chi connectivity index (χ1) is 9.52. The minimum Gasteiger partial charge on any atom is -0.343 e. The molecule has 112 valence electrons. The van der Waals surface area contributed by atoms with Crippen LogP contribution in [0.5, 0.6) is 0 Å². The first-order valence-electron chi connectivity index (χ1n) is 7.42. The van der Waals surface area contributed by atoms with Crippen molar-refractivity contribution in [3.63, 3.8) is 0 Å². The lowest BCUT2D eigenvalue weighted by molar-refractivity contribution is -0.123. The van der Waals surface area contributed by atoms with Crippen LogP contribution >= 0.6 is 0 Å². The Labute approximate surface area is 119 Å². The molecule has 0 spiro atoms. The summed E-state index contributed by atoms with van der Waals surface area (Å²) in [5.74, 6) is 1.70. The van der Waals surface area contributed by atoms with Crippen molar-refractivity contribution in [2.24, 2.45) is 11.7 Å². The molecule has 2 rings (SSSR count). The first kappa shape index (κ1) is 15.0. The predicted molar refractivity (Wildman–Crippen MR) is 74.9 cm³/mol. The van der Waals surface area contributed by atoms with E-state index in [1.165, 1.54) is 0 Å². The van der Waals surface area contributed by atoms with Crippen molar-refractivity contribution < 1.29 is 9.32 Å². The quantitative estimate of drug-likeness (QED) is 0.795. The summed E-state index contributed by atoms with van der Waals surface area (Å²) in [7, 11) is 0. The molecule has 1 aliphatic carbocycles. The number of amides is 1. The van der Waals surface area contributed by atoms with Crippen LogP contribution in [0.25, 0.3) is 0 Å². The fraction of sp³-hybridized carbons (Fsp3) is 0.786. The molecule has 0 saturated heterocycles. The topological polar surface area (TPSA) is 94.0 Å². The van der Waals surface area contributed by atoms with Crippen LogP contribution < -0.4 is 11.1 Å². The molecule has 0 aromatic carbocycles. The lowest BCUT2D eigenvalue weighted by Crippen LogP contribution is -2.43. The average molecular weight is 280 g/mol. The molecule has 1 saturated carbocycles. The molecule has 6 heteroatoms. The van der Waals surface area contributed by atoms with Gasteiger partial charge in [0.05, 0.1) is 6.04 Å². The predicted octanol–water partition coefficient (Wildman–Crippen LogP) is 1.89. The molecular formula is C14H24N4O2. The van der Waals surface area contributed by atoms with Gasteiger partial charge in [-0.1, -0.05) is 32.3 Å². The van der Waals surface area contributed by atoms with Gasteiger partial charge in [-0.05, 0) is 25.2 Å². The molecule has 1 aliphatic rings. The van der Waals surface area contributed by atoms with Crippen molar-refractivity contribution in [1.82, 2.24) is 15.5 Å². The van der Waals surface area contributed by atoms with Crippen LogP contribution in [-0.4, -0.2) is 22.1 Å². The Kier molecular flexibility index (Phi) is 4.75. The van der Waals surface area contributed by atoms with E-state index in [1.54, 1.807) is 0 Å². The summed E-state index contributed by atoms with van der Waals surface area (Å²) in [6, 6.07) is -0.752. The van der Waals surface area contributed by atoms with E-state index in [1.807, 2.05) is 20.8 Å². The van der Waals surface area contributed by atoms with E-state index in [4.69, 9.17) is 10.3 Å². The molecule has 1 heterocycles. The number of rotatable bonds is 7. The molecule has 0 radical (unpaired) electrons. The minimum atomic E-state index is -0.480. The highest BCUT2D eigenvalue weighted by Gasteiger charge is 2.32. The van der Waals surface area contributed by atoms with Crippen molar-refractivity contribution in [2.45, 2.75) is 64.5 Å². The van der Waals surface area contributed by atoms with Crippen LogP contribution in [0.4, 0.5) is 0 Å². The molecule has 0 bridgehead atoms. The van der Waals surface area contributed by atoms with E-state index >= 15 is 0 Å². The highest BCUT2D eigenvalue weighted by molar-refractivity contribution is 5.81. The third-order valence-electron chi connectivity index (χ3n) is 3.57. The number of nitrogens with zero attached hydrogens (tertiary/aromatic N) is 2. The molecule has 2 atom stereocenters. The summed E-state index contributed by atoms with van der Waals surface area (Å²) < 4.78 is 5.31. The summed E-state index contributed by atoms with van der Waals surface area (Å²) in [5.41, 5.74) is 5.84. The summed E-state index contributed by atoms with van der Waals surface area (Å²) in [6.45, 7) is 6.03. The highest BCUT2D eigenvalue weighted by Crippen LogP contribution is 2.38. The normalized spacial score (nSPS) is 18.1. The lowest BCUT2D eigenvalue weighted by atomic mass is 10.0. The van der Waals surface area contributed by atoms with E-state index in [-0.39, 0.29) is 17.9 Å². The van der Waals surface area contributed by atoms with Gasteiger partial charge in [-0.15, -0.1) is 0 Å². The SMILES string of the molecule is CCCC(N)C(=O)NC(c1nc(C2CC2)no1)C(C)C. The van der Waals surface area contributed by atoms with Crippen LogP contribution in [0.15, 0.2) is 4.52 Å². The van der Waals surface area contributed by atoms with Gasteiger partial charge in [0.25, 0.3) is 0 Å². The van der Waals surface area contributed by atoms with Crippen LogP contribution in [-0.2, 0) is 4.79 Å². The van der Waals surface area contributed by atoms with Gasteiger partial charge in [-0.25, -0.2) is 0 Å². The van der Waals surface area contributed by atoms with Crippen molar-refractivity contribution in [3.8, 4) is 0 Å². The Bertz CT molecular complexity index is 454. The van der Waals surface area contributed by atoms with Gasteiger partial charge in [0, 0.05) is 5.92 Å². The number of hydrogen-bond acceptors (Lipinski definition) is 5. The van der Waals surface area contributed by atoms with E-state index in [2.05, 4.69) is 15.5 Å². The summed E-state index contributed by atoms with van der Waals surface area (Å²) in [4.78, 5) is 16.5. The van der Waals surface area contributed by atoms with Crippen molar-refractivity contribution in [2.75, 3.05) is 0 Å². The highest BCUT2D eigenvalue weighted by atomic mass is 16.5. The number of carbonyl (C=O) groups excluding carboxylic acids is 1. The second-order valence-electron chi connectivity index (χ2n) is 5.89. The second kappa shape index (κ2) is 6.35. The second-order valence-corrected chi connectivity index (χ2v) is 5.89. The molecular weight excluding hydrogens is 256 g/mol. The van der Waals surface area contributed by atoms with Crippen LogP contribution in [0.1, 0.15) is 70.1 Å². The molecule has 1 amide bonds. The monoisotopic (exact) mass is 280 g/mol. The maximum absolute atomic E-state index is 12.0. The van der Waals surface area contributed by atoms with Crippen molar-refractivity contribution in [1.29, 1.82) is 0 Å². The smallest absolute Gasteiger partial charge is 0.249 e. The number of hydrogen-bond donors (Lipinski definition) is 2. The Morgan fingerprint density at radius 1 is 1.50 bits per heavy atom. The van der Waals surface area contributed by atoms with E-state index in [0.717, 1.165) is 25.1 Å². The standard InChI is InChI=1S/C14H24N4O2/c1-4-5-10(15)13(19)16-11(8(2)3)14-17-12(18-20-14)9-6-7-9/h8-11H,4-7,15H2,1-3H3,(H,16,19). The van der Waals surface area contributed by atoms with Gasteiger partial charge in [0.1, 0.15) is 6.04 Å². The fourth-order valence-corrected chi connectivity index (χ4v) is 2.10. The van der Waals surface area contributed by atoms with Crippen molar-refractivity contribution >= 4 is 5.91 Å². The van der Waals surface area contributed by atoms with E-state index in [0.29, 0.717) is 18.2 Å². The third-order valence-corrected chi connectivity index (χ3v) is 3.57. The number of nitrogens with two attached hydrogens (primary N) is 1. The Hall–Kier alpha value is -1.43. The summed E-state index contributed by atoms with van der Waals surface area (Å²) in [5, 5.41) is 6.93. The van der Waals surface area contributed by atoms with Gasteiger partial charge in [0.15, 0.2) is 5.82 Å². The molecule has 2 unspecified atom stereocenters. The van der Waals surface area contributed by atoms with Crippen LogP contribution in [0.2, 0.25) is 0 Å². The average Bonchev–Trinajstić information content (AvgIpc) is 3.14. The van der Waals surface area contributed by atoms with Gasteiger partial charge in [-0.2, -0.15) is 4.98 Å². The lowest BCUT2D eigenvalue weighted by Gasteiger charge is -2.20. The Morgan fingerprint density at radius 3 is 2.75 bits per heavy atom. The molecule has 6 nitrogen and oxygen atoms in total. The zero-order chi connectivity index (χ0) is 14.7. The van der Waals surface area contributed by atoms with Gasteiger partial charge >= 0.3 is 0 Å². The fourth-order valence-electron chi connectivity index (χ4n) is 2.10. The molecule has 1 fully saturated rings. The number of carbonyl (C=O) groups is 1. The van der Waals surface area contributed by atoms with Gasteiger partial charge in [0.2, 0.25) is 11.8 Å². The number of aromatic nitrogens is 2. The van der Waals surface area contributed by atoms with Crippen LogP contribution in [0.3, 0.4) is 0 Å². The van der Waals surface area contributed by atoms with Gasteiger partial charge < -0.3 is 15.6 Å². The summed E-state index contributed by atoms with van der Waals surface area (Å²) in [6.07, 6.45) is 3.80. The van der Waals surface area contributed by atoms with E-state index < -0.39 is 6.04 Å². The maximum atomic E-state index is 12.0. The zero-order valence-electron chi connectivity index (χ0n) is 12.4. The summed E-state index contributed by atoms with van der Waals surface area (Å²) >= 11 is 0. The third kappa shape index (κ3) is 3.56. The number of nitrogens with one attached hydrogen (secondary N) is 1. The Morgan fingerprint density at radius 2 is 2.20 bits per heavy atom. The molecule has 20 heavy (non-hydrogen) atoms. The maximum Gasteiger partial charge on any atom is 0.249 e. The molecule has 0 aliphatic heterocycles. The molecule has 1 aromatic rings. The van der Waals surface area contributed by atoms with Crippen molar-refractivity contribution in [3.05, 3.63) is 11.7 Å². The van der Waals surface area contributed by atoms with Crippen LogP contribution in [0, 0.1) is 5.92 Å². The Balaban J connectivity index is 2.03.